The van der Waals surface area contributed by atoms with Gasteiger partial charge in [-0.15, -0.1) is 0 Å². The minimum absolute atomic E-state index is 0.0207. The van der Waals surface area contributed by atoms with Gasteiger partial charge in [-0.2, -0.15) is 0 Å². The van der Waals surface area contributed by atoms with Crippen LogP contribution in [0.4, 0.5) is 0 Å². The maximum atomic E-state index is 11.0. The van der Waals surface area contributed by atoms with Gasteiger partial charge >= 0.3 is 5.97 Å². The lowest BCUT2D eigenvalue weighted by molar-refractivity contribution is 0.0686. The molecular weight excluding hydrogens is 194 g/mol. The number of carboxylic acids is 1. The van der Waals surface area contributed by atoms with E-state index in [1.165, 1.54) is 17.8 Å². The number of rotatable bonds is 2. The van der Waals surface area contributed by atoms with Crippen molar-refractivity contribution in [2.24, 2.45) is 7.05 Å². The number of hydrogen-bond donors (Lipinski definition) is 1. The van der Waals surface area contributed by atoms with Gasteiger partial charge in [0, 0.05) is 19.5 Å². The van der Waals surface area contributed by atoms with Gasteiger partial charge in [0.05, 0.1) is 4.90 Å². The maximum absolute atomic E-state index is 11.0. The van der Waals surface area contributed by atoms with Gasteiger partial charge in [0.15, 0.2) is 9.84 Å². The van der Waals surface area contributed by atoms with Crippen molar-refractivity contribution in [1.82, 2.24) is 4.57 Å². The van der Waals surface area contributed by atoms with E-state index in [1.807, 2.05) is 0 Å². The SMILES string of the molecule is Cn1cc(S(C)(=O)=O)cc1C(=O)O. The molecule has 72 valence electrons. The highest BCUT2D eigenvalue weighted by molar-refractivity contribution is 7.90. The molecule has 0 radical (unpaired) electrons. The van der Waals surface area contributed by atoms with Crippen molar-refractivity contribution in [3.8, 4) is 0 Å². The smallest absolute Gasteiger partial charge is 0.352 e. The second-order valence-electron chi connectivity index (χ2n) is 2.75. The molecule has 0 aliphatic rings. The van der Waals surface area contributed by atoms with Gasteiger partial charge < -0.3 is 9.67 Å². The highest BCUT2D eigenvalue weighted by Crippen LogP contribution is 2.12. The number of nitrogens with zero attached hydrogens (tertiary/aromatic N) is 1. The van der Waals surface area contributed by atoms with E-state index in [0.717, 1.165) is 12.3 Å². The molecule has 0 spiro atoms. The molecule has 0 aromatic carbocycles. The van der Waals surface area contributed by atoms with Crippen molar-refractivity contribution >= 4 is 15.8 Å². The Labute approximate surface area is 75.5 Å². The lowest BCUT2D eigenvalue weighted by Crippen LogP contribution is -2.02. The van der Waals surface area contributed by atoms with Crippen LogP contribution in [0, 0.1) is 0 Å². The molecule has 0 saturated carbocycles. The molecule has 0 amide bonds. The van der Waals surface area contributed by atoms with Gasteiger partial charge in [-0.05, 0) is 6.07 Å². The Hall–Kier alpha value is -1.30. The molecule has 0 bridgehead atoms. The van der Waals surface area contributed by atoms with E-state index in [9.17, 15) is 13.2 Å². The Kier molecular flexibility index (Phi) is 2.17. The van der Waals surface area contributed by atoms with Crippen molar-refractivity contribution in [2.75, 3.05) is 6.26 Å². The third kappa shape index (κ3) is 1.89. The van der Waals surface area contributed by atoms with Crippen LogP contribution in [-0.2, 0) is 16.9 Å². The first kappa shape index (κ1) is 9.79. The normalized spacial score (nSPS) is 11.5. The Balaban J connectivity index is 3.33. The molecule has 0 aliphatic carbocycles. The molecule has 1 aromatic rings. The van der Waals surface area contributed by atoms with Crippen LogP contribution < -0.4 is 0 Å². The molecule has 1 rings (SSSR count). The number of hydrogen-bond acceptors (Lipinski definition) is 3. The van der Waals surface area contributed by atoms with Crippen LogP contribution in [0.1, 0.15) is 10.5 Å². The van der Waals surface area contributed by atoms with Crippen LogP contribution in [0.25, 0.3) is 0 Å². The van der Waals surface area contributed by atoms with E-state index >= 15 is 0 Å². The second kappa shape index (κ2) is 2.88. The number of aromatic carboxylic acids is 1. The van der Waals surface area contributed by atoms with E-state index in [2.05, 4.69) is 0 Å². The average molecular weight is 203 g/mol. The minimum Gasteiger partial charge on any atom is -0.477 e. The Morgan fingerprint density at radius 1 is 1.54 bits per heavy atom. The van der Waals surface area contributed by atoms with Gasteiger partial charge in [0.2, 0.25) is 0 Å². The predicted molar refractivity (Wildman–Crippen MR) is 45.5 cm³/mol. The van der Waals surface area contributed by atoms with Crippen molar-refractivity contribution in [2.45, 2.75) is 4.90 Å². The summed E-state index contributed by atoms with van der Waals surface area (Å²) in [5.74, 6) is -1.14. The molecule has 5 nitrogen and oxygen atoms in total. The first-order valence-electron chi connectivity index (χ1n) is 3.42. The standard InChI is InChI=1S/C7H9NO4S/c1-8-4-5(13(2,11)12)3-6(8)7(9)10/h3-4H,1-2H3,(H,9,10). The van der Waals surface area contributed by atoms with E-state index in [-0.39, 0.29) is 10.6 Å². The molecule has 1 N–H and O–H groups in total. The quantitative estimate of drug-likeness (QED) is 0.741. The monoisotopic (exact) mass is 203 g/mol. The van der Waals surface area contributed by atoms with Crippen molar-refractivity contribution in [3.05, 3.63) is 18.0 Å². The summed E-state index contributed by atoms with van der Waals surface area (Å²) in [7, 11) is -1.84. The molecule has 1 aromatic heterocycles. The molecule has 13 heavy (non-hydrogen) atoms. The van der Waals surface area contributed by atoms with Crippen LogP contribution in [0.2, 0.25) is 0 Å². The molecule has 0 fully saturated rings. The Morgan fingerprint density at radius 2 is 2.08 bits per heavy atom. The summed E-state index contributed by atoms with van der Waals surface area (Å²) in [5.41, 5.74) is -0.0413. The lowest BCUT2D eigenvalue weighted by atomic mass is 10.4. The molecule has 0 unspecified atom stereocenters. The average Bonchev–Trinajstić information content (AvgIpc) is 2.29. The van der Waals surface area contributed by atoms with Crippen molar-refractivity contribution in [3.63, 3.8) is 0 Å². The summed E-state index contributed by atoms with van der Waals surface area (Å²) in [6.45, 7) is 0. The predicted octanol–water partition coefficient (Wildman–Crippen LogP) is 0.127. The van der Waals surface area contributed by atoms with Crippen LogP contribution >= 0.6 is 0 Å². The van der Waals surface area contributed by atoms with Crippen molar-refractivity contribution < 1.29 is 18.3 Å². The van der Waals surface area contributed by atoms with Gasteiger partial charge in [-0.25, -0.2) is 13.2 Å². The summed E-state index contributed by atoms with van der Waals surface area (Å²) in [5, 5.41) is 8.63. The fourth-order valence-corrected chi connectivity index (χ4v) is 1.62. The summed E-state index contributed by atoms with van der Waals surface area (Å²) >= 11 is 0. The summed E-state index contributed by atoms with van der Waals surface area (Å²) in [4.78, 5) is 10.6. The van der Waals surface area contributed by atoms with Gasteiger partial charge in [0.25, 0.3) is 0 Å². The third-order valence-corrected chi connectivity index (χ3v) is 2.71. The summed E-state index contributed by atoms with van der Waals surface area (Å²) in [6, 6.07) is 1.14. The third-order valence-electron chi connectivity index (χ3n) is 1.63. The Morgan fingerprint density at radius 3 is 2.31 bits per heavy atom. The number of carbonyl (C=O) groups is 1. The molecular formula is C7H9NO4S. The van der Waals surface area contributed by atoms with Crippen LogP contribution in [0.5, 0.6) is 0 Å². The van der Waals surface area contributed by atoms with Crippen molar-refractivity contribution in [1.29, 1.82) is 0 Å². The molecule has 6 heteroatoms. The second-order valence-corrected chi connectivity index (χ2v) is 4.77. The van der Waals surface area contributed by atoms with Gasteiger partial charge in [-0.1, -0.05) is 0 Å². The highest BCUT2D eigenvalue weighted by Gasteiger charge is 2.15. The van der Waals surface area contributed by atoms with Crippen LogP contribution in [-0.4, -0.2) is 30.3 Å². The lowest BCUT2D eigenvalue weighted by Gasteiger charge is -1.92. The van der Waals surface area contributed by atoms with E-state index < -0.39 is 15.8 Å². The van der Waals surface area contributed by atoms with E-state index in [1.54, 1.807) is 0 Å². The molecule has 0 saturated heterocycles. The minimum atomic E-state index is -3.32. The molecule has 0 atom stereocenters. The zero-order valence-electron chi connectivity index (χ0n) is 7.18. The topological polar surface area (TPSA) is 76.4 Å². The molecule has 1 heterocycles. The fourth-order valence-electron chi connectivity index (χ4n) is 0.950. The number of aromatic nitrogens is 1. The van der Waals surface area contributed by atoms with Crippen LogP contribution in [0.3, 0.4) is 0 Å². The summed E-state index contributed by atoms with van der Waals surface area (Å²) < 4.78 is 23.3. The van der Waals surface area contributed by atoms with E-state index in [0.29, 0.717) is 0 Å². The number of aryl methyl sites for hydroxylation is 1. The Bertz CT molecular complexity index is 443. The van der Waals surface area contributed by atoms with Gasteiger partial charge in [-0.3, -0.25) is 0 Å². The van der Waals surface area contributed by atoms with Gasteiger partial charge in [0.1, 0.15) is 5.69 Å². The first-order valence-corrected chi connectivity index (χ1v) is 5.31. The highest BCUT2D eigenvalue weighted by atomic mass is 32.2. The maximum Gasteiger partial charge on any atom is 0.352 e. The molecule has 0 aliphatic heterocycles. The fraction of sp³-hybridized carbons (Fsp3) is 0.286. The van der Waals surface area contributed by atoms with E-state index in [4.69, 9.17) is 5.11 Å². The number of carboxylic acid groups (broad SMARTS) is 1. The number of sulfone groups is 1. The zero-order valence-corrected chi connectivity index (χ0v) is 8.00. The van der Waals surface area contributed by atoms with Crippen LogP contribution in [0.15, 0.2) is 17.2 Å². The zero-order chi connectivity index (χ0) is 10.2. The first-order chi connectivity index (χ1) is 5.82. The largest absolute Gasteiger partial charge is 0.477 e. The summed E-state index contributed by atoms with van der Waals surface area (Å²) in [6.07, 6.45) is 2.31.